The molecule has 1 N–H and O–H groups in total. The lowest BCUT2D eigenvalue weighted by Gasteiger charge is -2.36. The number of rotatable bonds is 5. The standard InChI is InChI=1S/C11H24N2O/c1-10-5-8-13(7-4-6-12-2)9-11(10)14-3/h10-12H,4-9H2,1-3H3. The summed E-state index contributed by atoms with van der Waals surface area (Å²) in [7, 11) is 3.84. The minimum atomic E-state index is 0.443. The first-order chi connectivity index (χ1) is 6.77. The molecule has 1 aliphatic heterocycles. The predicted molar refractivity (Wildman–Crippen MR) is 59.6 cm³/mol. The van der Waals surface area contributed by atoms with Crippen LogP contribution in [0.5, 0.6) is 0 Å². The highest BCUT2D eigenvalue weighted by atomic mass is 16.5. The van der Waals surface area contributed by atoms with Crippen molar-refractivity contribution in [2.75, 3.05) is 40.3 Å². The fraction of sp³-hybridized carbons (Fsp3) is 1.00. The van der Waals surface area contributed by atoms with Gasteiger partial charge in [0.15, 0.2) is 0 Å². The maximum absolute atomic E-state index is 5.48. The fourth-order valence-corrected chi connectivity index (χ4v) is 2.09. The SMILES string of the molecule is CNCCCN1CCC(C)C(OC)C1. The van der Waals surface area contributed by atoms with Crippen molar-refractivity contribution in [2.24, 2.45) is 5.92 Å². The molecule has 0 aliphatic carbocycles. The first-order valence-corrected chi connectivity index (χ1v) is 5.67. The number of likely N-dealkylation sites (tertiary alicyclic amines) is 1. The van der Waals surface area contributed by atoms with E-state index in [2.05, 4.69) is 17.1 Å². The normalized spacial score (nSPS) is 29.4. The molecule has 0 spiro atoms. The van der Waals surface area contributed by atoms with Crippen LogP contribution in [0.25, 0.3) is 0 Å². The molecule has 0 saturated carbocycles. The van der Waals surface area contributed by atoms with E-state index < -0.39 is 0 Å². The second-order valence-corrected chi connectivity index (χ2v) is 4.30. The van der Waals surface area contributed by atoms with Gasteiger partial charge in [0.1, 0.15) is 0 Å². The molecule has 1 aliphatic rings. The molecule has 1 saturated heterocycles. The molecule has 0 aromatic rings. The molecular weight excluding hydrogens is 176 g/mol. The van der Waals surface area contributed by atoms with Crippen molar-refractivity contribution in [1.29, 1.82) is 0 Å². The summed E-state index contributed by atoms with van der Waals surface area (Å²) in [4.78, 5) is 2.52. The molecule has 0 bridgehead atoms. The smallest absolute Gasteiger partial charge is 0.0724 e. The van der Waals surface area contributed by atoms with Gasteiger partial charge in [0.05, 0.1) is 6.10 Å². The van der Waals surface area contributed by atoms with Crippen molar-refractivity contribution in [3.05, 3.63) is 0 Å². The van der Waals surface area contributed by atoms with Crippen LogP contribution in [0.2, 0.25) is 0 Å². The van der Waals surface area contributed by atoms with E-state index in [1.807, 2.05) is 14.2 Å². The summed E-state index contributed by atoms with van der Waals surface area (Å²) in [5.74, 6) is 0.723. The van der Waals surface area contributed by atoms with Gasteiger partial charge in [0.2, 0.25) is 0 Å². The third-order valence-electron chi connectivity index (χ3n) is 3.18. The van der Waals surface area contributed by atoms with Crippen molar-refractivity contribution in [3.8, 4) is 0 Å². The minimum Gasteiger partial charge on any atom is -0.380 e. The Balaban J connectivity index is 2.21. The molecule has 0 aromatic carbocycles. The number of hydrogen-bond acceptors (Lipinski definition) is 3. The largest absolute Gasteiger partial charge is 0.380 e. The summed E-state index contributed by atoms with van der Waals surface area (Å²) in [6.07, 6.45) is 2.96. The third kappa shape index (κ3) is 3.56. The molecule has 1 fully saturated rings. The van der Waals surface area contributed by atoms with Crippen LogP contribution in [0, 0.1) is 5.92 Å². The first-order valence-electron chi connectivity index (χ1n) is 5.67. The van der Waals surface area contributed by atoms with Crippen LogP contribution in [0.3, 0.4) is 0 Å². The molecule has 1 rings (SSSR count). The Hall–Kier alpha value is -0.120. The molecule has 2 unspecified atom stereocenters. The Bertz CT molecular complexity index is 152. The lowest BCUT2D eigenvalue weighted by molar-refractivity contribution is -0.00502. The van der Waals surface area contributed by atoms with Gasteiger partial charge < -0.3 is 15.0 Å². The molecule has 84 valence electrons. The Morgan fingerprint density at radius 3 is 2.93 bits per heavy atom. The first kappa shape index (κ1) is 12.0. The Labute approximate surface area is 87.8 Å². The molecule has 0 aromatic heterocycles. The van der Waals surface area contributed by atoms with Gasteiger partial charge >= 0.3 is 0 Å². The van der Waals surface area contributed by atoms with Crippen molar-refractivity contribution in [1.82, 2.24) is 10.2 Å². The van der Waals surface area contributed by atoms with Gasteiger partial charge in [0.25, 0.3) is 0 Å². The maximum atomic E-state index is 5.48. The third-order valence-corrected chi connectivity index (χ3v) is 3.18. The van der Waals surface area contributed by atoms with Gasteiger partial charge in [-0.25, -0.2) is 0 Å². The summed E-state index contributed by atoms with van der Waals surface area (Å²) >= 11 is 0. The van der Waals surface area contributed by atoms with Crippen molar-refractivity contribution >= 4 is 0 Å². The lowest BCUT2D eigenvalue weighted by Crippen LogP contribution is -2.44. The van der Waals surface area contributed by atoms with Crippen LogP contribution in [0.4, 0.5) is 0 Å². The topological polar surface area (TPSA) is 24.5 Å². The maximum Gasteiger partial charge on any atom is 0.0724 e. The Morgan fingerprint density at radius 1 is 1.50 bits per heavy atom. The number of ether oxygens (including phenoxy) is 1. The zero-order valence-corrected chi connectivity index (χ0v) is 9.75. The fourth-order valence-electron chi connectivity index (χ4n) is 2.09. The summed E-state index contributed by atoms with van der Waals surface area (Å²) in [6.45, 7) is 6.96. The molecule has 0 radical (unpaired) electrons. The molecule has 3 nitrogen and oxygen atoms in total. The van der Waals surface area contributed by atoms with E-state index in [-0.39, 0.29) is 0 Å². The quantitative estimate of drug-likeness (QED) is 0.669. The van der Waals surface area contributed by atoms with Crippen molar-refractivity contribution in [3.63, 3.8) is 0 Å². The van der Waals surface area contributed by atoms with Crippen LogP contribution in [-0.2, 0) is 4.74 Å². The van der Waals surface area contributed by atoms with Gasteiger partial charge in [-0.3, -0.25) is 0 Å². The molecule has 2 atom stereocenters. The highest BCUT2D eigenvalue weighted by Gasteiger charge is 2.25. The predicted octanol–water partition coefficient (Wildman–Crippen LogP) is 0.953. The monoisotopic (exact) mass is 200 g/mol. The summed E-state index contributed by atoms with van der Waals surface area (Å²) < 4.78 is 5.48. The van der Waals surface area contributed by atoms with Gasteiger partial charge in [-0.15, -0.1) is 0 Å². The summed E-state index contributed by atoms with van der Waals surface area (Å²) in [5.41, 5.74) is 0. The van der Waals surface area contributed by atoms with E-state index >= 15 is 0 Å². The van der Waals surface area contributed by atoms with Crippen molar-refractivity contribution in [2.45, 2.75) is 25.9 Å². The van der Waals surface area contributed by atoms with Crippen LogP contribution in [0.1, 0.15) is 19.8 Å². The average molecular weight is 200 g/mol. The zero-order valence-electron chi connectivity index (χ0n) is 9.75. The summed E-state index contributed by atoms with van der Waals surface area (Å²) in [6, 6.07) is 0. The minimum absolute atomic E-state index is 0.443. The second-order valence-electron chi connectivity index (χ2n) is 4.30. The molecular formula is C11H24N2O. The van der Waals surface area contributed by atoms with Gasteiger partial charge in [-0.05, 0) is 45.4 Å². The second kappa shape index (κ2) is 6.38. The average Bonchev–Trinajstić information content (AvgIpc) is 2.21. The van der Waals surface area contributed by atoms with E-state index in [1.54, 1.807) is 0 Å². The van der Waals surface area contributed by atoms with E-state index in [0.717, 1.165) is 19.0 Å². The highest BCUT2D eigenvalue weighted by Crippen LogP contribution is 2.19. The lowest BCUT2D eigenvalue weighted by atomic mass is 9.96. The zero-order chi connectivity index (χ0) is 10.4. The van der Waals surface area contributed by atoms with Gasteiger partial charge in [-0.1, -0.05) is 6.92 Å². The number of nitrogens with one attached hydrogen (secondary N) is 1. The van der Waals surface area contributed by atoms with Crippen molar-refractivity contribution < 1.29 is 4.74 Å². The highest BCUT2D eigenvalue weighted by molar-refractivity contribution is 4.78. The van der Waals surface area contributed by atoms with E-state index in [9.17, 15) is 0 Å². The molecule has 0 amide bonds. The van der Waals surface area contributed by atoms with Gasteiger partial charge in [-0.2, -0.15) is 0 Å². The van der Waals surface area contributed by atoms with E-state index in [4.69, 9.17) is 4.74 Å². The number of hydrogen-bond donors (Lipinski definition) is 1. The van der Waals surface area contributed by atoms with Crippen LogP contribution in [0.15, 0.2) is 0 Å². The Kier molecular flexibility index (Phi) is 5.45. The number of methoxy groups -OCH3 is 1. The van der Waals surface area contributed by atoms with Crippen LogP contribution in [-0.4, -0.2) is 51.3 Å². The molecule has 1 heterocycles. The van der Waals surface area contributed by atoms with E-state index in [1.165, 1.54) is 25.9 Å². The number of nitrogens with zero attached hydrogens (tertiary/aromatic N) is 1. The van der Waals surface area contributed by atoms with Gasteiger partial charge in [0, 0.05) is 13.7 Å². The Morgan fingerprint density at radius 2 is 2.29 bits per heavy atom. The molecule has 3 heteroatoms. The van der Waals surface area contributed by atoms with Crippen LogP contribution >= 0.6 is 0 Å². The molecule has 14 heavy (non-hydrogen) atoms. The van der Waals surface area contributed by atoms with Crippen LogP contribution < -0.4 is 5.32 Å². The number of piperidine rings is 1. The summed E-state index contributed by atoms with van der Waals surface area (Å²) in [5, 5.41) is 3.18. The van der Waals surface area contributed by atoms with E-state index in [0.29, 0.717) is 6.10 Å².